The van der Waals surface area contributed by atoms with Gasteiger partial charge in [0.05, 0.1) is 0 Å². The molecule has 0 unspecified atom stereocenters. The molecule has 0 aliphatic heterocycles. The Bertz CT molecular complexity index is 560. The number of nitrogens with zero attached hydrogens (tertiary/aromatic N) is 3. The van der Waals surface area contributed by atoms with E-state index in [-0.39, 0.29) is 0 Å². The minimum absolute atomic E-state index is 0.778. The molecule has 0 aliphatic carbocycles. The number of aryl methyl sites for hydroxylation is 2. The number of benzene rings is 1. The zero-order chi connectivity index (χ0) is 14.9. The van der Waals surface area contributed by atoms with E-state index in [2.05, 4.69) is 51.9 Å². The van der Waals surface area contributed by atoms with Gasteiger partial charge in [-0.25, -0.2) is 0 Å². The van der Waals surface area contributed by atoms with Crippen molar-refractivity contribution in [3.63, 3.8) is 0 Å². The van der Waals surface area contributed by atoms with Crippen molar-refractivity contribution < 1.29 is 0 Å². The van der Waals surface area contributed by atoms with Crippen molar-refractivity contribution in [2.24, 2.45) is 4.99 Å². The highest BCUT2D eigenvalue weighted by atomic mass is 15.3. The molecular formula is C16H23N5. The summed E-state index contributed by atoms with van der Waals surface area (Å²) in [6.45, 7) is 4.66. The first-order chi connectivity index (χ1) is 10.3. The Labute approximate surface area is 126 Å². The third-order valence-electron chi connectivity index (χ3n) is 3.18. The lowest BCUT2D eigenvalue weighted by Crippen LogP contribution is -2.37. The number of guanidine groups is 1. The molecule has 0 fully saturated rings. The van der Waals surface area contributed by atoms with E-state index in [0.29, 0.717) is 0 Å². The van der Waals surface area contributed by atoms with E-state index in [9.17, 15) is 0 Å². The predicted molar refractivity (Wildman–Crippen MR) is 86.2 cm³/mol. The van der Waals surface area contributed by atoms with Crippen LogP contribution in [-0.2, 0) is 13.1 Å². The molecule has 0 atom stereocenters. The number of hydrogen-bond acceptors (Lipinski definition) is 2. The third kappa shape index (κ3) is 5.30. The lowest BCUT2D eigenvalue weighted by atomic mass is 10.1. The van der Waals surface area contributed by atoms with Crippen molar-refractivity contribution in [1.82, 2.24) is 20.4 Å². The highest BCUT2D eigenvalue weighted by Crippen LogP contribution is 2.02. The van der Waals surface area contributed by atoms with Crippen LogP contribution < -0.4 is 10.6 Å². The second-order valence-corrected chi connectivity index (χ2v) is 4.96. The monoisotopic (exact) mass is 285 g/mol. The molecule has 1 aromatic heterocycles. The van der Waals surface area contributed by atoms with Gasteiger partial charge in [-0.3, -0.25) is 9.67 Å². The first kappa shape index (κ1) is 15.1. The van der Waals surface area contributed by atoms with E-state index in [1.165, 1.54) is 11.1 Å². The summed E-state index contributed by atoms with van der Waals surface area (Å²) in [4.78, 5) is 4.23. The number of aliphatic imine (C=N–C) groups is 1. The zero-order valence-electron chi connectivity index (χ0n) is 12.7. The zero-order valence-corrected chi connectivity index (χ0v) is 12.7. The first-order valence-corrected chi connectivity index (χ1v) is 7.25. The average molecular weight is 285 g/mol. The van der Waals surface area contributed by atoms with Gasteiger partial charge in [0.25, 0.3) is 0 Å². The van der Waals surface area contributed by atoms with Gasteiger partial charge in [0.1, 0.15) is 0 Å². The standard InChI is InChI=1S/C16H23N5/c1-14-6-3-7-15(12-14)13-19-16(17-2)18-8-4-10-21-11-5-9-20-21/h3,5-7,9,11-12H,4,8,10,13H2,1-2H3,(H2,17,18,19). The molecular weight excluding hydrogens is 262 g/mol. The average Bonchev–Trinajstić information content (AvgIpc) is 3.00. The topological polar surface area (TPSA) is 54.2 Å². The van der Waals surface area contributed by atoms with Crippen LogP contribution in [0.4, 0.5) is 0 Å². The Morgan fingerprint density at radius 2 is 2.19 bits per heavy atom. The second kappa shape index (κ2) is 8.09. The van der Waals surface area contributed by atoms with Gasteiger partial charge in [-0.1, -0.05) is 29.8 Å². The van der Waals surface area contributed by atoms with E-state index in [1.807, 2.05) is 16.9 Å². The summed E-state index contributed by atoms with van der Waals surface area (Å²) in [5.74, 6) is 0.831. The molecule has 0 amide bonds. The van der Waals surface area contributed by atoms with E-state index in [4.69, 9.17) is 0 Å². The van der Waals surface area contributed by atoms with Crippen LogP contribution in [0.15, 0.2) is 47.7 Å². The molecule has 2 rings (SSSR count). The van der Waals surface area contributed by atoms with Crippen molar-refractivity contribution in [1.29, 1.82) is 0 Å². The van der Waals surface area contributed by atoms with E-state index in [1.54, 1.807) is 13.2 Å². The van der Waals surface area contributed by atoms with Crippen LogP contribution in [0.2, 0.25) is 0 Å². The molecule has 2 N–H and O–H groups in total. The fourth-order valence-electron chi connectivity index (χ4n) is 2.11. The second-order valence-electron chi connectivity index (χ2n) is 4.96. The molecule has 2 aromatic rings. The Morgan fingerprint density at radius 1 is 1.29 bits per heavy atom. The Morgan fingerprint density at radius 3 is 2.90 bits per heavy atom. The maximum Gasteiger partial charge on any atom is 0.191 e. The molecule has 0 saturated carbocycles. The molecule has 1 aromatic carbocycles. The van der Waals surface area contributed by atoms with Crippen LogP contribution in [0, 0.1) is 6.92 Å². The molecule has 0 spiro atoms. The predicted octanol–water partition coefficient (Wildman–Crippen LogP) is 1.95. The smallest absolute Gasteiger partial charge is 0.191 e. The Kier molecular flexibility index (Phi) is 5.82. The summed E-state index contributed by atoms with van der Waals surface area (Å²) in [6.07, 6.45) is 4.79. The van der Waals surface area contributed by atoms with Crippen molar-refractivity contribution in [2.45, 2.75) is 26.4 Å². The van der Waals surface area contributed by atoms with Crippen LogP contribution in [0.25, 0.3) is 0 Å². The molecule has 5 heteroatoms. The SMILES string of the molecule is CN=C(NCCCn1cccn1)NCc1cccc(C)c1. The lowest BCUT2D eigenvalue weighted by molar-refractivity contribution is 0.570. The van der Waals surface area contributed by atoms with Gasteiger partial charge in [0, 0.05) is 39.1 Å². The number of nitrogens with one attached hydrogen (secondary N) is 2. The number of hydrogen-bond donors (Lipinski definition) is 2. The van der Waals surface area contributed by atoms with Crippen LogP contribution in [0.1, 0.15) is 17.5 Å². The Balaban J connectivity index is 1.68. The number of rotatable bonds is 6. The quantitative estimate of drug-likeness (QED) is 0.484. The third-order valence-corrected chi connectivity index (χ3v) is 3.18. The van der Waals surface area contributed by atoms with Crippen molar-refractivity contribution in [3.05, 3.63) is 53.9 Å². The van der Waals surface area contributed by atoms with Gasteiger partial charge < -0.3 is 10.6 Å². The highest BCUT2D eigenvalue weighted by Gasteiger charge is 1.98. The summed E-state index contributed by atoms with van der Waals surface area (Å²) >= 11 is 0. The van der Waals surface area contributed by atoms with Crippen LogP contribution in [0.3, 0.4) is 0 Å². The molecule has 1 heterocycles. The summed E-state index contributed by atoms with van der Waals surface area (Å²) in [5.41, 5.74) is 2.53. The van der Waals surface area contributed by atoms with E-state index >= 15 is 0 Å². The molecule has 0 radical (unpaired) electrons. The van der Waals surface area contributed by atoms with Gasteiger partial charge in [0.15, 0.2) is 5.96 Å². The number of aromatic nitrogens is 2. The highest BCUT2D eigenvalue weighted by molar-refractivity contribution is 5.79. The van der Waals surface area contributed by atoms with Crippen molar-refractivity contribution >= 4 is 5.96 Å². The summed E-state index contributed by atoms with van der Waals surface area (Å²) < 4.78 is 1.94. The summed E-state index contributed by atoms with van der Waals surface area (Å²) in [7, 11) is 1.79. The van der Waals surface area contributed by atoms with Crippen molar-refractivity contribution in [2.75, 3.05) is 13.6 Å². The summed E-state index contributed by atoms with van der Waals surface area (Å²) in [6, 6.07) is 10.4. The summed E-state index contributed by atoms with van der Waals surface area (Å²) in [5, 5.41) is 10.8. The maximum absolute atomic E-state index is 4.23. The van der Waals surface area contributed by atoms with Gasteiger partial charge >= 0.3 is 0 Å². The van der Waals surface area contributed by atoms with Gasteiger partial charge in [-0.05, 0) is 25.0 Å². The normalized spacial score (nSPS) is 11.4. The maximum atomic E-state index is 4.23. The lowest BCUT2D eigenvalue weighted by Gasteiger charge is -2.12. The van der Waals surface area contributed by atoms with E-state index < -0.39 is 0 Å². The van der Waals surface area contributed by atoms with Gasteiger partial charge in [-0.15, -0.1) is 0 Å². The molecule has 5 nitrogen and oxygen atoms in total. The van der Waals surface area contributed by atoms with Crippen LogP contribution in [-0.4, -0.2) is 29.3 Å². The van der Waals surface area contributed by atoms with Gasteiger partial charge in [0.2, 0.25) is 0 Å². The molecule has 0 bridgehead atoms. The first-order valence-electron chi connectivity index (χ1n) is 7.25. The van der Waals surface area contributed by atoms with Crippen molar-refractivity contribution in [3.8, 4) is 0 Å². The van der Waals surface area contributed by atoms with Crippen LogP contribution in [0.5, 0.6) is 0 Å². The minimum atomic E-state index is 0.778. The van der Waals surface area contributed by atoms with E-state index in [0.717, 1.165) is 32.0 Å². The molecule has 112 valence electrons. The Hall–Kier alpha value is -2.30. The van der Waals surface area contributed by atoms with Gasteiger partial charge in [-0.2, -0.15) is 5.10 Å². The molecule has 0 saturated heterocycles. The molecule has 21 heavy (non-hydrogen) atoms. The fraction of sp³-hybridized carbons (Fsp3) is 0.375. The fourth-order valence-corrected chi connectivity index (χ4v) is 2.11. The largest absolute Gasteiger partial charge is 0.356 e. The molecule has 0 aliphatic rings. The van der Waals surface area contributed by atoms with Crippen LogP contribution >= 0.6 is 0 Å². The minimum Gasteiger partial charge on any atom is -0.356 e.